The van der Waals surface area contributed by atoms with Gasteiger partial charge in [0.25, 0.3) is 5.91 Å². The summed E-state index contributed by atoms with van der Waals surface area (Å²) in [7, 11) is 0. The fourth-order valence-electron chi connectivity index (χ4n) is 4.96. The van der Waals surface area contributed by atoms with E-state index in [2.05, 4.69) is 53.4 Å². The molecule has 2 aliphatic rings. The number of carbonyl (C=O) groups excluding carboxylic acids is 1. The van der Waals surface area contributed by atoms with Gasteiger partial charge in [0, 0.05) is 44.2 Å². The Bertz CT molecular complexity index is 1020. The summed E-state index contributed by atoms with van der Waals surface area (Å²) in [5, 5.41) is 4.20. The lowest BCUT2D eigenvalue weighted by Crippen LogP contribution is -2.40. The fraction of sp³-hybridized carbons (Fsp3) is 0.385. The Morgan fingerprint density at radius 2 is 1.68 bits per heavy atom. The molecule has 1 aromatic heterocycles. The van der Waals surface area contributed by atoms with Crippen molar-refractivity contribution < 1.29 is 9.32 Å². The Morgan fingerprint density at radius 3 is 2.42 bits per heavy atom. The largest absolute Gasteiger partial charge is 0.351 e. The molecule has 1 amide bonds. The normalized spacial score (nSPS) is 18.5. The van der Waals surface area contributed by atoms with Gasteiger partial charge in [0.2, 0.25) is 5.76 Å². The molecule has 2 heterocycles. The molecule has 1 fully saturated rings. The Hall–Kier alpha value is -2.92. The Balaban J connectivity index is 1.22. The summed E-state index contributed by atoms with van der Waals surface area (Å²) in [6.07, 6.45) is 3.22. The lowest BCUT2D eigenvalue weighted by molar-refractivity contribution is 0.0716. The van der Waals surface area contributed by atoms with Crippen LogP contribution < -0.4 is 0 Å². The minimum Gasteiger partial charge on any atom is -0.351 e. The molecule has 0 N–H and O–H groups in total. The molecule has 0 spiro atoms. The first-order valence-electron chi connectivity index (χ1n) is 11.3. The molecule has 1 atom stereocenters. The van der Waals surface area contributed by atoms with Crippen molar-refractivity contribution in [3.63, 3.8) is 0 Å². The van der Waals surface area contributed by atoms with Gasteiger partial charge in [0.1, 0.15) is 0 Å². The molecule has 0 saturated carbocycles. The first-order valence-corrected chi connectivity index (χ1v) is 11.3. The molecule has 5 heteroatoms. The van der Waals surface area contributed by atoms with E-state index in [9.17, 15) is 4.79 Å². The minimum absolute atomic E-state index is 0.0458. The monoisotopic (exact) mass is 415 g/mol. The van der Waals surface area contributed by atoms with Gasteiger partial charge in [0.15, 0.2) is 0 Å². The van der Waals surface area contributed by atoms with E-state index in [1.165, 1.54) is 11.1 Å². The lowest BCUT2D eigenvalue weighted by Gasteiger charge is -2.27. The van der Waals surface area contributed by atoms with E-state index in [4.69, 9.17) is 4.52 Å². The van der Waals surface area contributed by atoms with E-state index in [0.29, 0.717) is 11.8 Å². The zero-order valence-corrected chi connectivity index (χ0v) is 18.0. The summed E-state index contributed by atoms with van der Waals surface area (Å²) in [4.78, 5) is 17.6. The highest BCUT2D eigenvalue weighted by Crippen LogP contribution is 2.27. The molecule has 1 unspecified atom stereocenters. The summed E-state index contributed by atoms with van der Waals surface area (Å²) >= 11 is 0. The second-order valence-electron chi connectivity index (χ2n) is 8.76. The van der Waals surface area contributed by atoms with Crippen LogP contribution in [0.4, 0.5) is 0 Å². The van der Waals surface area contributed by atoms with Crippen LogP contribution in [0.5, 0.6) is 0 Å². The molecular weight excluding hydrogens is 386 g/mol. The molecule has 1 saturated heterocycles. The van der Waals surface area contributed by atoms with Crippen molar-refractivity contribution >= 4 is 5.91 Å². The Morgan fingerprint density at radius 1 is 0.968 bits per heavy atom. The number of hydrogen-bond acceptors (Lipinski definition) is 4. The molecule has 0 bridgehead atoms. The molecule has 160 valence electrons. The van der Waals surface area contributed by atoms with Crippen LogP contribution in [0.25, 0.3) is 0 Å². The highest BCUT2D eigenvalue weighted by Gasteiger charge is 2.30. The van der Waals surface area contributed by atoms with Crippen LogP contribution >= 0.6 is 0 Å². The molecule has 1 aliphatic carbocycles. The van der Waals surface area contributed by atoms with Gasteiger partial charge in [0.05, 0.1) is 5.69 Å². The first kappa shape index (κ1) is 20.0. The zero-order chi connectivity index (χ0) is 21.2. The molecule has 2 aromatic carbocycles. The molecular formula is C26H29N3O2. The zero-order valence-electron chi connectivity index (χ0n) is 18.0. The van der Waals surface area contributed by atoms with E-state index in [-0.39, 0.29) is 11.8 Å². The van der Waals surface area contributed by atoms with Crippen LogP contribution in [0, 0.1) is 0 Å². The summed E-state index contributed by atoms with van der Waals surface area (Å²) in [6, 6.07) is 21.3. The number of rotatable bonds is 4. The number of aromatic nitrogens is 1. The predicted octanol–water partition coefficient (Wildman–Crippen LogP) is 4.14. The van der Waals surface area contributed by atoms with Gasteiger partial charge in [-0.05, 0) is 36.0 Å². The average Bonchev–Trinajstić information content (AvgIpc) is 3.40. The summed E-state index contributed by atoms with van der Waals surface area (Å²) in [5.74, 6) is 0.394. The molecule has 5 nitrogen and oxygen atoms in total. The molecule has 31 heavy (non-hydrogen) atoms. The molecule has 3 aromatic rings. The van der Waals surface area contributed by atoms with Crippen LogP contribution in [-0.2, 0) is 12.8 Å². The summed E-state index contributed by atoms with van der Waals surface area (Å²) < 4.78 is 5.48. The highest BCUT2D eigenvalue weighted by molar-refractivity contribution is 5.91. The minimum atomic E-state index is -0.0458. The van der Waals surface area contributed by atoms with Crippen molar-refractivity contribution in [2.45, 2.75) is 38.1 Å². The second-order valence-corrected chi connectivity index (χ2v) is 8.76. The van der Waals surface area contributed by atoms with Gasteiger partial charge < -0.3 is 9.42 Å². The van der Waals surface area contributed by atoms with Gasteiger partial charge in [-0.25, -0.2) is 0 Å². The Kier molecular flexibility index (Phi) is 5.60. The van der Waals surface area contributed by atoms with Crippen LogP contribution in [0.3, 0.4) is 0 Å². The topological polar surface area (TPSA) is 49.6 Å². The maximum Gasteiger partial charge on any atom is 0.292 e. The van der Waals surface area contributed by atoms with Crippen molar-refractivity contribution in [1.29, 1.82) is 0 Å². The average molecular weight is 416 g/mol. The van der Waals surface area contributed by atoms with E-state index >= 15 is 0 Å². The molecule has 5 rings (SSSR count). The molecule has 1 aliphatic heterocycles. The second kappa shape index (κ2) is 8.67. The van der Waals surface area contributed by atoms with Crippen molar-refractivity contribution in [2.24, 2.45) is 0 Å². The maximum atomic E-state index is 13.1. The number of hydrogen-bond donors (Lipinski definition) is 0. The van der Waals surface area contributed by atoms with Gasteiger partial charge in [-0.2, -0.15) is 0 Å². The van der Waals surface area contributed by atoms with Gasteiger partial charge in [-0.1, -0.05) is 66.7 Å². The number of benzene rings is 2. The maximum absolute atomic E-state index is 13.1. The lowest BCUT2D eigenvalue weighted by atomic mass is 9.98. The van der Waals surface area contributed by atoms with E-state index in [0.717, 1.165) is 56.7 Å². The number of amides is 1. The third-order valence-electron chi connectivity index (χ3n) is 6.85. The number of carbonyl (C=O) groups is 1. The fourth-order valence-corrected chi connectivity index (χ4v) is 4.96. The summed E-state index contributed by atoms with van der Waals surface area (Å²) in [6.45, 7) is 5.53. The number of nitrogens with zero attached hydrogens (tertiary/aromatic N) is 3. The Labute approximate surface area is 183 Å². The number of fused-ring (bicyclic) bond motifs is 1. The predicted molar refractivity (Wildman–Crippen MR) is 120 cm³/mol. The van der Waals surface area contributed by atoms with E-state index in [1.54, 1.807) is 0 Å². The van der Waals surface area contributed by atoms with Crippen LogP contribution in [0.1, 0.15) is 52.2 Å². The first-order chi connectivity index (χ1) is 15.2. The van der Waals surface area contributed by atoms with Crippen molar-refractivity contribution in [3.8, 4) is 0 Å². The van der Waals surface area contributed by atoms with Crippen molar-refractivity contribution in [2.75, 3.05) is 26.2 Å². The molecule has 0 radical (unpaired) electrons. The van der Waals surface area contributed by atoms with Crippen molar-refractivity contribution in [1.82, 2.24) is 15.0 Å². The van der Waals surface area contributed by atoms with Gasteiger partial charge in [-0.15, -0.1) is 0 Å². The SMILES string of the molecule is CC(c1ccccc1)c1cc(C(=O)N2CCCN(C3Cc4ccccc4C3)CC2)on1. The van der Waals surface area contributed by atoms with E-state index in [1.807, 2.05) is 29.2 Å². The smallest absolute Gasteiger partial charge is 0.292 e. The van der Waals surface area contributed by atoms with Crippen LogP contribution in [-0.4, -0.2) is 53.1 Å². The van der Waals surface area contributed by atoms with Gasteiger partial charge >= 0.3 is 0 Å². The van der Waals surface area contributed by atoms with Crippen LogP contribution in [0.15, 0.2) is 65.2 Å². The van der Waals surface area contributed by atoms with Gasteiger partial charge in [-0.3, -0.25) is 9.69 Å². The van der Waals surface area contributed by atoms with Crippen molar-refractivity contribution in [3.05, 3.63) is 88.8 Å². The van der Waals surface area contributed by atoms with Crippen LogP contribution in [0.2, 0.25) is 0 Å². The highest BCUT2D eigenvalue weighted by atomic mass is 16.5. The van der Waals surface area contributed by atoms with E-state index < -0.39 is 0 Å². The third-order valence-corrected chi connectivity index (χ3v) is 6.85. The quantitative estimate of drug-likeness (QED) is 0.643. The summed E-state index contributed by atoms with van der Waals surface area (Å²) in [5.41, 5.74) is 4.92. The standard InChI is InChI=1S/C26H29N3O2/c1-19(20-8-3-2-4-9-20)24-18-25(31-27-24)26(30)29-13-7-12-28(14-15-29)23-16-21-10-5-6-11-22(21)17-23/h2-6,8-11,18-19,23H,7,12-17H2,1H3. The third kappa shape index (κ3) is 4.15.